The molecule has 0 spiro atoms. The van der Waals surface area contributed by atoms with Gasteiger partial charge in [-0.15, -0.1) is 11.3 Å². The van der Waals surface area contributed by atoms with Crippen molar-refractivity contribution in [1.82, 2.24) is 9.88 Å². The SMILES string of the molecule is CCOCCCN(Cc1nc(C(=O)OCC)cs1)C(=O)c1cccc(C(F)(F)F)c1. The van der Waals surface area contributed by atoms with Gasteiger partial charge in [0, 0.05) is 30.7 Å². The predicted molar refractivity (Wildman–Crippen MR) is 105 cm³/mol. The van der Waals surface area contributed by atoms with Crippen molar-refractivity contribution in [2.45, 2.75) is 33.0 Å². The zero-order chi connectivity index (χ0) is 22.1. The van der Waals surface area contributed by atoms with E-state index in [0.29, 0.717) is 24.6 Å². The van der Waals surface area contributed by atoms with Crippen LogP contribution in [0.25, 0.3) is 0 Å². The van der Waals surface area contributed by atoms with E-state index in [0.717, 1.165) is 12.1 Å². The summed E-state index contributed by atoms with van der Waals surface area (Å²) >= 11 is 1.18. The van der Waals surface area contributed by atoms with Crippen molar-refractivity contribution in [2.75, 3.05) is 26.4 Å². The van der Waals surface area contributed by atoms with Gasteiger partial charge in [0.1, 0.15) is 5.01 Å². The number of carbonyl (C=O) groups is 2. The van der Waals surface area contributed by atoms with Crippen molar-refractivity contribution in [3.8, 4) is 0 Å². The largest absolute Gasteiger partial charge is 0.461 e. The fraction of sp³-hybridized carbons (Fsp3) is 0.450. The third-order valence-corrected chi connectivity index (χ3v) is 4.84. The van der Waals surface area contributed by atoms with E-state index in [1.165, 1.54) is 33.7 Å². The Morgan fingerprint density at radius 1 is 1.20 bits per heavy atom. The first-order valence-corrected chi connectivity index (χ1v) is 10.3. The van der Waals surface area contributed by atoms with Gasteiger partial charge in [-0.1, -0.05) is 6.07 Å². The van der Waals surface area contributed by atoms with Crippen LogP contribution in [-0.2, 0) is 22.2 Å². The topological polar surface area (TPSA) is 68.7 Å². The lowest BCUT2D eigenvalue weighted by atomic mass is 10.1. The van der Waals surface area contributed by atoms with Gasteiger partial charge in [-0.25, -0.2) is 9.78 Å². The van der Waals surface area contributed by atoms with Crippen molar-refractivity contribution in [1.29, 1.82) is 0 Å². The lowest BCUT2D eigenvalue weighted by molar-refractivity contribution is -0.137. The van der Waals surface area contributed by atoms with Crippen LogP contribution in [0.4, 0.5) is 13.2 Å². The summed E-state index contributed by atoms with van der Waals surface area (Å²) in [7, 11) is 0. The molecule has 1 aromatic heterocycles. The van der Waals surface area contributed by atoms with Crippen molar-refractivity contribution < 1.29 is 32.2 Å². The summed E-state index contributed by atoms with van der Waals surface area (Å²) in [4.78, 5) is 30.3. The van der Waals surface area contributed by atoms with E-state index in [9.17, 15) is 22.8 Å². The highest BCUT2D eigenvalue weighted by Crippen LogP contribution is 2.30. The van der Waals surface area contributed by atoms with Gasteiger partial charge in [-0.05, 0) is 38.5 Å². The standard InChI is InChI=1S/C20H23F3N2O4S/c1-3-28-10-6-9-25(12-17-24-16(13-30-17)19(27)29-4-2)18(26)14-7-5-8-15(11-14)20(21,22)23/h5,7-8,11,13H,3-4,6,9-10,12H2,1-2H3. The summed E-state index contributed by atoms with van der Waals surface area (Å²) < 4.78 is 49.2. The average Bonchev–Trinajstić information content (AvgIpc) is 3.18. The number of aromatic nitrogens is 1. The molecule has 0 N–H and O–H groups in total. The molecule has 1 amide bonds. The van der Waals surface area contributed by atoms with Crippen LogP contribution in [0, 0.1) is 0 Å². The van der Waals surface area contributed by atoms with Gasteiger partial charge in [-0.2, -0.15) is 13.2 Å². The lowest BCUT2D eigenvalue weighted by Crippen LogP contribution is -2.32. The van der Waals surface area contributed by atoms with Crippen LogP contribution in [0.3, 0.4) is 0 Å². The Bertz CT molecular complexity index is 855. The molecule has 10 heteroatoms. The number of esters is 1. The number of thiazole rings is 1. The molecular formula is C20H23F3N2O4S. The lowest BCUT2D eigenvalue weighted by Gasteiger charge is -2.22. The number of ether oxygens (including phenoxy) is 2. The normalized spacial score (nSPS) is 11.4. The maximum atomic E-state index is 13.0. The fourth-order valence-electron chi connectivity index (χ4n) is 2.61. The third-order valence-electron chi connectivity index (χ3n) is 4.01. The van der Waals surface area contributed by atoms with Gasteiger partial charge in [0.05, 0.1) is 18.7 Å². The van der Waals surface area contributed by atoms with Gasteiger partial charge in [0.15, 0.2) is 5.69 Å². The minimum Gasteiger partial charge on any atom is -0.461 e. The molecule has 0 saturated heterocycles. The Hall–Kier alpha value is -2.46. The van der Waals surface area contributed by atoms with E-state index in [1.54, 1.807) is 6.92 Å². The highest BCUT2D eigenvalue weighted by atomic mass is 32.1. The predicted octanol–water partition coefficient (Wildman–Crippen LogP) is 4.41. The second kappa shape index (κ2) is 11.1. The molecule has 0 bridgehead atoms. The van der Waals surface area contributed by atoms with E-state index in [2.05, 4.69) is 4.98 Å². The molecule has 30 heavy (non-hydrogen) atoms. The van der Waals surface area contributed by atoms with Crippen molar-refractivity contribution in [3.63, 3.8) is 0 Å². The molecule has 0 aliphatic heterocycles. The summed E-state index contributed by atoms with van der Waals surface area (Å²) in [5.74, 6) is -1.11. The summed E-state index contributed by atoms with van der Waals surface area (Å²) in [6.07, 6.45) is -4.03. The first kappa shape index (κ1) is 23.8. The Kier molecular flexibility index (Phi) is 8.79. The van der Waals surface area contributed by atoms with Crippen LogP contribution in [0.15, 0.2) is 29.6 Å². The van der Waals surface area contributed by atoms with E-state index in [4.69, 9.17) is 9.47 Å². The zero-order valence-corrected chi connectivity index (χ0v) is 17.5. The number of alkyl halides is 3. The highest BCUT2D eigenvalue weighted by Gasteiger charge is 2.31. The molecule has 164 valence electrons. The number of hydrogen-bond acceptors (Lipinski definition) is 6. The van der Waals surface area contributed by atoms with Crippen LogP contribution >= 0.6 is 11.3 Å². The number of nitrogens with zero attached hydrogens (tertiary/aromatic N) is 2. The Morgan fingerprint density at radius 3 is 2.63 bits per heavy atom. The summed E-state index contributed by atoms with van der Waals surface area (Å²) in [5.41, 5.74) is -0.817. The monoisotopic (exact) mass is 444 g/mol. The molecule has 0 unspecified atom stereocenters. The first-order chi connectivity index (χ1) is 14.3. The first-order valence-electron chi connectivity index (χ1n) is 9.42. The molecular weight excluding hydrogens is 421 g/mol. The number of amides is 1. The molecule has 0 atom stereocenters. The number of halogens is 3. The second-order valence-electron chi connectivity index (χ2n) is 6.20. The molecule has 1 heterocycles. The number of rotatable bonds is 10. The average molecular weight is 444 g/mol. The van der Waals surface area contributed by atoms with Gasteiger partial charge in [0.2, 0.25) is 0 Å². The fourth-order valence-corrected chi connectivity index (χ4v) is 3.39. The minimum atomic E-state index is -4.54. The highest BCUT2D eigenvalue weighted by molar-refractivity contribution is 7.09. The quantitative estimate of drug-likeness (QED) is 0.401. The van der Waals surface area contributed by atoms with E-state index < -0.39 is 23.6 Å². The van der Waals surface area contributed by atoms with Crippen molar-refractivity contribution in [2.24, 2.45) is 0 Å². The summed E-state index contributed by atoms with van der Waals surface area (Å²) in [6, 6.07) is 4.31. The van der Waals surface area contributed by atoms with Gasteiger partial charge in [-0.3, -0.25) is 4.79 Å². The van der Waals surface area contributed by atoms with Crippen LogP contribution < -0.4 is 0 Å². The molecule has 0 saturated carbocycles. The molecule has 2 rings (SSSR count). The zero-order valence-electron chi connectivity index (χ0n) is 16.7. The Morgan fingerprint density at radius 2 is 1.97 bits per heavy atom. The van der Waals surface area contributed by atoms with Gasteiger partial charge >= 0.3 is 12.1 Å². The number of hydrogen-bond donors (Lipinski definition) is 0. The molecule has 0 fully saturated rings. The molecule has 2 aromatic rings. The second-order valence-corrected chi connectivity index (χ2v) is 7.15. The van der Waals surface area contributed by atoms with Crippen LogP contribution in [0.2, 0.25) is 0 Å². The van der Waals surface area contributed by atoms with Crippen molar-refractivity contribution in [3.05, 3.63) is 51.5 Å². The smallest absolute Gasteiger partial charge is 0.416 e. The summed E-state index contributed by atoms with van der Waals surface area (Å²) in [5, 5.41) is 2.01. The minimum absolute atomic E-state index is 0.0608. The van der Waals surface area contributed by atoms with Gasteiger partial charge < -0.3 is 14.4 Å². The van der Waals surface area contributed by atoms with E-state index >= 15 is 0 Å². The van der Waals surface area contributed by atoms with E-state index in [-0.39, 0.29) is 31.0 Å². The van der Waals surface area contributed by atoms with Gasteiger partial charge in [0.25, 0.3) is 5.91 Å². The summed E-state index contributed by atoms with van der Waals surface area (Å²) in [6.45, 7) is 5.00. The molecule has 6 nitrogen and oxygen atoms in total. The van der Waals surface area contributed by atoms with Crippen LogP contribution in [0.5, 0.6) is 0 Å². The molecule has 0 aliphatic carbocycles. The third kappa shape index (κ3) is 6.81. The van der Waals surface area contributed by atoms with Crippen LogP contribution in [0.1, 0.15) is 51.7 Å². The van der Waals surface area contributed by atoms with Crippen molar-refractivity contribution >= 4 is 23.2 Å². The molecule has 0 aliphatic rings. The maximum absolute atomic E-state index is 13.0. The molecule has 1 aromatic carbocycles. The van der Waals surface area contributed by atoms with E-state index in [1.807, 2.05) is 6.92 Å². The Labute approximate surface area is 176 Å². The Balaban J connectivity index is 2.20. The number of carbonyl (C=O) groups excluding carboxylic acids is 2. The maximum Gasteiger partial charge on any atom is 0.416 e. The molecule has 0 radical (unpaired) electrons. The number of benzene rings is 1. The van der Waals surface area contributed by atoms with Crippen LogP contribution in [-0.4, -0.2) is 48.1 Å².